The van der Waals surface area contributed by atoms with Gasteiger partial charge in [-0.1, -0.05) is 212 Å². The predicted octanol–water partition coefficient (Wildman–Crippen LogP) is 17.8. The zero-order valence-corrected chi connectivity index (χ0v) is 47.6. The van der Waals surface area contributed by atoms with Crippen LogP contribution in [-0.4, -0.2) is 18.7 Å². The number of para-hydroxylation sites is 6. The number of nitrogens with zero attached hydrogens (tertiary/aromatic N) is 5. The molecule has 13 rings (SSSR count). The maximum Gasteiger partial charge on any atom is 0.268 e. The van der Waals surface area contributed by atoms with Crippen LogP contribution in [-0.2, 0) is 38.3 Å². The minimum atomic E-state index is -1.63. The Morgan fingerprint density at radius 3 is 1.85 bits per heavy atom. The molecule has 4 heterocycles. The van der Waals surface area contributed by atoms with Crippen LogP contribution in [0.2, 0.25) is 0 Å². The van der Waals surface area contributed by atoms with Gasteiger partial charge in [-0.15, -0.1) is 24.3 Å². The van der Waals surface area contributed by atoms with Crippen molar-refractivity contribution in [1.29, 1.82) is 0 Å². The Balaban J connectivity index is 0.00000724. The van der Waals surface area contributed by atoms with Gasteiger partial charge in [0.05, 0.1) is 34.6 Å². The summed E-state index contributed by atoms with van der Waals surface area (Å²) in [5, 5.41) is 4.06. The van der Waals surface area contributed by atoms with Crippen LogP contribution in [0.25, 0.3) is 99.8 Å². The molecule has 0 aliphatic heterocycles. The molecule has 79 heavy (non-hydrogen) atoms. The second-order valence-electron chi connectivity index (χ2n) is 22.4. The Bertz CT molecular complexity index is 4760. The van der Waals surface area contributed by atoms with Gasteiger partial charge in [0.25, 0.3) is 6.33 Å². The number of hydrogen-bond acceptors (Lipinski definition) is 2. The van der Waals surface area contributed by atoms with Gasteiger partial charge in [-0.2, -0.15) is 12.1 Å². The average molecular weight is 1210 g/mol. The third-order valence-electron chi connectivity index (χ3n) is 14.7. The molecular weight excluding hydrogens is 1150 g/mol. The summed E-state index contributed by atoms with van der Waals surface area (Å²) in [5.74, 6) is 1.04. The van der Waals surface area contributed by atoms with Crippen LogP contribution in [0.4, 0.5) is 0 Å². The minimum Gasteiger partial charge on any atom is -0.510 e. The van der Waals surface area contributed by atoms with E-state index in [4.69, 9.17) is 16.6 Å². The van der Waals surface area contributed by atoms with Crippen molar-refractivity contribution in [3.05, 3.63) is 241 Å². The number of pyridine rings is 1. The molecule has 0 bridgehead atoms. The molecule has 13 aromatic rings. The van der Waals surface area contributed by atoms with E-state index < -0.39 is 24.5 Å². The van der Waals surface area contributed by atoms with Gasteiger partial charge in [-0.25, -0.2) is 4.98 Å². The van der Waals surface area contributed by atoms with Crippen LogP contribution in [0.3, 0.4) is 0 Å². The molecule has 0 saturated heterocycles. The van der Waals surface area contributed by atoms with Crippen LogP contribution < -0.4 is 9.30 Å². The van der Waals surface area contributed by atoms with Crippen LogP contribution in [0.5, 0.6) is 11.5 Å². The van der Waals surface area contributed by atoms with Crippen molar-refractivity contribution < 1.29 is 40.0 Å². The summed E-state index contributed by atoms with van der Waals surface area (Å²) in [6.07, 6.45) is 3.74. The number of rotatable bonds is 10. The van der Waals surface area contributed by atoms with E-state index in [0.29, 0.717) is 45.3 Å². The maximum atomic E-state index is 9.32. The minimum absolute atomic E-state index is 0. The standard InChI is InChI=1S/C72H61N5O.Pt/c1-47(2)38-48-36-37-73-68(39-48)77-63-33-17-14-28-60(63)69-66(76-61-31-15-12-26-58(61)59-27-13-16-32-62(59)76)44-55(45-67(69)77)78-54-25-20-24-53(43-54)74-46-75(65-35-19-18-34-64(65)74)70-56(49-22-10-9-11-23-49)29-21-30-57(70)50-40-51(71(3,4)5)42-52(41-50)72(6,7)8;/h9-37,39-42,44,47H,38H2,1-8H3;/q-2;/i9D,10D,11D,22D,23D,38D2;. The Hall–Kier alpha value is -8.31. The van der Waals surface area contributed by atoms with Gasteiger partial charge in [0, 0.05) is 57.8 Å². The fourth-order valence-electron chi connectivity index (χ4n) is 11.0. The molecule has 0 radical (unpaired) electrons. The number of ether oxygens (including phenoxy) is 1. The molecule has 0 unspecified atom stereocenters. The summed E-state index contributed by atoms with van der Waals surface area (Å²) in [7, 11) is 0. The van der Waals surface area contributed by atoms with Gasteiger partial charge in [0.2, 0.25) is 0 Å². The summed E-state index contributed by atoms with van der Waals surface area (Å²) >= 11 is 0. The summed E-state index contributed by atoms with van der Waals surface area (Å²) < 4.78 is 78.3. The van der Waals surface area contributed by atoms with E-state index in [1.54, 1.807) is 12.3 Å². The van der Waals surface area contributed by atoms with Crippen molar-refractivity contribution in [2.75, 3.05) is 0 Å². The average Bonchev–Trinajstić information content (AvgIpc) is 1.55. The van der Waals surface area contributed by atoms with Gasteiger partial charge in [-0.3, -0.25) is 4.57 Å². The Morgan fingerprint density at radius 2 is 1.19 bits per heavy atom. The molecule has 4 aromatic heterocycles. The Labute approximate surface area is 487 Å². The molecule has 0 fully saturated rings. The third kappa shape index (κ3) is 9.26. The summed E-state index contributed by atoms with van der Waals surface area (Å²) in [5.41, 5.74) is 11.7. The van der Waals surface area contributed by atoms with Crippen molar-refractivity contribution in [2.24, 2.45) is 5.92 Å². The quantitative estimate of drug-likeness (QED) is 0.101. The first-order valence-electron chi connectivity index (χ1n) is 30.1. The first-order chi connectivity index (χ1) is 40.6. The van der Waals surface area contributed by atoms with Gasteiger partial charge in [0.1, 0.15) is 5.82 Å². The molecule has 0 amide bonds. The summed E-state index contributed by atoms with van der Waals surface area (Å²) in [6, 6.07) is 62.0. The van der Waals surface area contributed by atoms with Crippen molar-refractivity contribution in [2.45, 2.75) is 72.6 Å². The SMILES string of the molecule is [2H]c1c([2H])c([2H])c(-c2cccc(-c3cc(C(C)(C)C)cc(C(C)(C)C)c3)c2-[n+]2[c-]n(-c3[c-]c(Oc4[c-]c5c(c(-n6c7ccccc7c7ccccc76)c4)c4ccccc4n5-c4cc(C([2H])([2H])C(C)C)ccn4)ccc3)c3ccccc32)c([2H])c1[2H].[Pt]. The van der Waals surface area contributed by atoms with E-state index in [-0.39, 0.29) is 55.5 Å². The molecule has 0 N–H and O–H groups in total. The first kappa shape index (κ1) is 43.6. The van der Waals surface area contributed by atoms with Gasteiger partial charge in [0.15, 0.2) is 0 Å². The normalized spacial score (nSPS) is 13.6. The predicted molar refractivity (Wildman–Crippen MR) is 321 cm³/mol. The fraction of sp³-hybridized carbons (Fsp3) is 0.167. The summed E-state index contributed by atoms with van der Waals surface area (Å²) in [4.78, 5) is 4.92. The van der Waals surface area contributed by atoms with E-state index >= 15 is 0 Å². The summed E-state index contributed by atoms with van der Waals surface area (Å²) in [6.45, 7) is 16.9. The molecule has 0 spiro atoms. The number of aromatic nitrogens is 5. The number of imidazole rings is 1. The van der Waals surface area contributed by atoms with Crippen molar-refractivity contribution in [1.82, 2.24) is 18.7 Å². The monoisotopic (exact) mass is 1210 g/mol. The van der Waals surface area contributed by atoms with Crippen LogP contribution in [0, 0.1) is 24.4 Å². The Kier molecular flexibility index (Phi) is 11.1. The number of benzene rings is 9. The zero-order chi connectivity index (χ0) is 59.6. The molecule has 7 heteroatoms. The van der Waals surface area contributed by atoms with Gasteiger partial charge < -0.3 is 18.4 Å². The molecule has 9 aromatic carbocycles. The molecule has 6 nitrogen and oxygen atoms in total. The second kappa shape index (κ2) is 20.2. The van der Waals surface area contributed by atoms with Gasteiger partial charge in [-0.05, 0) is 109 Å². The smallest absolute Gasteiger partial charge is 0.268 e. The molecule has 0 atom stereocenters. The van der Waals surface area contributed by atoms with E-state index in [2.05, 4.69) is 143 Å². The van der Waals surface area contributed by atoms with Crippen LogP contribution >= 0.6 is 0 Å². The van der Waals surface area contributed by atoms with Crippen molar-refractivity contribution in [3.8, 4) is 56.6 Å². The maximum absolute atomic E-state index is 9.32. The molecule has 0 saturated carbocycles. The number of fused-ring (bicyclic) bond motifs is 7. The molecular formula is C72H61N5OPt-2. The molecule has 0 aliphatic rings. The van der Waals surface area contributed by atoms with E-state index in [1.807, 2.05) is 112 Å². The van der Waals surface area contributed by atoms with E-state index in [9.17, 15) is 2.74 Å². The fourth-order valence-corrected chi connectivity index (χ4v) is 11.0. The second-order valence-corrected chi connectivity index (χ2v) is 22.4. The Morgan fingerprint density at radius 1 is 0.595 bits per heavy atom. The third-order valence-corrected chi connectivity index (χ3v) is 14.7. The molecule has 392 valence electrons. The van der Waals surface area contributed by atoms with Gasteiger partial charge >= 0.3 is 0 Å². The zero-order valence-electron chi connectivity index (χ0n) is 52.3. The van der Waals surface area contributed by atoms with Crippen LogP contribution in [0.15, 0.2) is 206 Å². The van der Waals surface area contributed by atoms with E-state index in [0.717, 1.165) is 77.1 Å². The van der Waals surface area contributed by atoms with Crippen molar-refractivity contribution in [3.63, 3.8) is 0 Å². The van der Waals surface area contributed by atoms with Crippen LogP contribution in [0.1, 0.15) is 81.7 Å². The molecule has 0 aliphatic carbocycles. The van der Waals surface area contributed by atoms with E-state index in [1.165, 1.54) is 0 Å². The number of hydrogen-bond donors (Lipinski definition) is 0. The topological polar surface area (TPSA) is 40.8 Å². The first-order valence-corrected chi connectivity index (χ1v) is 26.6. The van der Waals surface area contributed by atoms with Crippen molar-refractivity contribution >= 4 is 54.6 Å². The largest absolute Gasteiger partial charge is 0.510 e.